The molecule has 1 amide bonds. The van der Waals surface area contributed by atoms with E-state index < -0.39 is 12.0 Å². The van der Waals surface area contributed by atoms with Gasteiger partial charge in [-0.05, 0) is 18.9 Å². The fraction of sp³-hybridized carbons (Fsp3) is 0.500. The second-order valence-electron chi connectivity index (χ2n) is 5.30. The fourth-order valence-electron chi connectivity index (χ4n) is 2.45. The Morgan fingerprint density at radius 1 is 1.27 bits per heavy atom. The molecule has 120 valence electrons. The van der Waals surface area contributed by atoms with Gasteiger partial charge in [-0.3, -0.25) is 4.79 Å². The third-order valence-electron chi connectivity index (χ3n) is 3.72. The smallest absolute Gasteiger partial charge is 0.410 e. The highest BCUT2D eigenvalue weighted by atomic mass is 16.6. The van der Waals surface area contributed by atoms with E-state index in [9.17, 15) is 9.59 Å². The van der Waals surface area contributed by atoms with Crippen LogP contribution in [0, 0.1) is 5.92 Å². The number of rotatable bonds is 4. The largest absolute Gasteiger partial charge is 0.466 e. The maximum atomic E-state index is 12.1. The van der Waals surface area contributed by atoms with Gasteiger partial charge in [-0.15, -0.1) is 0 Å². The van der Waals surface area contributed by atoms with Crippen LogP contribution in [0.1, 0.15) is 18.9 Å². The van der Waals surface area contributed by atoms with Crippen molar-refractivity contribution in [3.63, 3.8) is 0 Å². The molecule has 6 nitrogen and oxygen atoms in total. The molecule has 0 radical (unpaired) electrons. The van der Waals surface area contributed by atoms with Crippen LogP contribution in [0.15, 0.2) is 30.3 Å². The average molecular weight is 306 g/mol. The number of nitrogens with zero attached hydrogens (tertiary/aromatic N) is 1. The van der Waals surface area contributed by atoms with Crippen LogP contribution in [0.5, 0.6) is 0 Å². The van der Waals surface area contributed by atoms with Crippen molar-refractivity contribution in [2.75, 3.05) is 19.7 Å². The number of hydrogen-bond acceptors (Lipinski definition) is 5. The summed E-state index contributed by atoms with van der Waals surface area (Å²) in [6.07, 6.45) is 0.134. The van der Waals surface area contributed by atoms with Crippen LogP contribution in [0.3, 0.4) is 0 Å². The highest BCUT2D eigenvalue weighted by Gasteiger charge is 2.35. The van der Waals surface area contributed by atoms with Gasteiger partial charge in [0.05, 0.1) is 12.5 Å². The summed E-state index contributed by atoms with van der Waals surface area (Å²) in [7, 11) is 0. The Hall–Kier alpha value is -2.08. The Labute approximate surface area is 130 Å². The third kappa shape index (κ3) is 4.21. The van der Waals surface area contributed by atoms with Gasteiger partial charge in [0, 0.05) is 19.1 Å². The summed E-state index contributed by atoms with van der Waals surface area (Å²) in [5, 5.41) is 0. The SMILES string of the molecule is CCOC(=O)[C@@H]1CN(C(=O)OCc2ccccc2)CC[C@H]1N. The van der Waals surface area contributed by atoms with Crippen molar-refractivity contribution in [2.24, 2.45) is 11.7 Å². The molecule has 1 fully saturated rings. The minimum atomic E-state index is -0.488. The molecular weight excluding hydrogens is 284 g/mol. The Morgan fingerprint density at radius 2 is 2.00 bits per heavy atom. The maximum Gasteiger partial charge on any atom is 0.410 e. The molecule has 1 aromatic carbocycles. The average Bonchev–Trinajstić information content (AvgIpc) is 2.54. The number of likely N-dealkylation sites (tertiary alicyclic amines) is 1. The van der Waals surface area contributed by atoms with Crippen molar-refractivity contribution in [2.45, 2.75) is 26.0 Å². The predicted octanol–water partition coefficient (Wildman–Crippen LogP) is 1.54. The zero-order valence-electron chi connectivity index (χ0n) is 12.7. The molecule has 0 aromatic heterocycles. The molecule has 6 heteroatoms. The van der Waals surface area contributed by atoms with Crippen LogP contribution in [0.2, 0.25) is 0 Å². The summed E-state index contributed by atoms with van der Waals surface area (Å²) in [5.41, 5.74) is 6.88. The van der Waals surface area contributed by atoms with Crippen molar-refractivity contribution in [1.29, 1.82) is 0 Å². The van der Waals surface area contributed by atoms with Crippen LogP contribution < -0.4 is 5.73 Å². The topological polar surface area (TPSA) is 81.9 Å². The van der Waals surface area contributed by atoms with Gasteiger partial charge in [0.1, 0.15) is 6.61 Å². The van der Waals surface area contributed by atoms with E-state index in [-0.39, 0.29) is 25.2 Å². The van der Waals surface area contributed by atoms with Gasteiger partial charge in [-0.2, -0.15) is 0 Å². The third-order valence-corrected chi connectivity index (χ3v) is 3.72. The standard InChI is InChI=1S/C16H22N2O4/c1-2-21-15(19)13-10-18(9-8-14(13)17)16(20)22-11-12-6-4-3-5-7-12/h3-7,13-14H,2,8-11,17H2,1H3/t13-,14-/m1/s1. The number of esters is 1. The molecule has 1 saturated heterocycles. The number of benzene rings is 1. The minimum Gasteiger partial charge on any atom is -0.466 e. The van der Waals surface area contributed by atoms with Crippen molar-refractivity contribution in [3.05, 3.63) is 35.9 Å². The van der Waals surface area contributed by atoms with E-state index in [0.717, 1.165) is 5.56 Å². The number of amides is 1. The molecule has 0 saturated carbocycles. The first-order chi connectivity index (χ1) is 10.6. The molecule has 2 N–H and O–H groups in total. The van der Waals surface area contributed by atoms with Crippen LogP contribution >= 0.6 is 0 Å². The highest BCUT2D eigenvalue weighted by molar-refractivity contribution is 5.75. The molecule has 1 aliphatic heterocycles. The Morgan fingerprint density at radius 3 is 2.68 bits per heavy atom. The van der Waals surface area contributed by atoms with E-state index in [2.05, 4.69) is 0 Å². The first-order valence-electron chi connectivity index (χ1n) is 7.49. The van der Waals surface area contributed by atoms with Crippen molar-refractivity contribution >= 4 is 12.1 Å². The summed E-state index contributed by atoms with van der Waals surface area (Å²) >= 11 is 0. The van der Waals surface area contributed by atoms with Crippen LogP contribution in [0.4, 0.5) is 4.79 Å². The second kappa shape index (κ2) is 7.79. The molecule has 2 atom stereocenters. The van der Waals surface area contributed by atoms with Gasteiger partial charge in [-0.1, -0.05) is 30.3 Å². The molecule has 1 heterocycles. The monoisotopic (exact) mass is 306 g/mol. The van der Waals surface area contributed by atoms with Crippen molar-refractivity contribution in [3.8, 4) is 0 Å². The predicted molar refractivity (Wildman–Crippen MR) is 80.9 cm³/mol. The van der Waals surface area contributed by atoms with Gasteiger partial charge in [0.2, 0.25) is 0 Å². The lowest BCUT2D eigenvalue weighted by Gasteiger charge is -2.34. The summed E-state index contributed by atoms with van der Waals surface area (Å²) in [5.74, 6) is -0.839. The maximum absolute atomic E-state index is 12.1. The minimum absolute atomic E-state index is 0.215. The fourth-order valence-corrected chi connectivity index (χ4v) is 2.45. The molecule has 0 aliphatic carbocycles. The zero-order valence-corrected chi connectivity index (χ0v) is 12.7. The number of hydrogen-bond donors (Lipinski definition) is 1. The highest BCUT2D eigenvalue weighted by Crippen LogP contribution is 2.18. The lowest BCUT2D eigenvalue weighted by molar-refractivity contribution is -0.150. The van der Waals surface area contributed by atoms with E-state index in [4.69, 9.17) is 15.2 Å². The number of carbonyl (C=O) groups excluding carboxylic acids is 2. The normalized spacial score (nSPS) is 21.3. The first kappa shape index (κ1) is 16.3. The molecule has 2 rings (SSSR count). The van der Waals surface area contributed by atoms with E-state index in [1.807, 2.05) is 30.3 Å². The van der Waals surface area contributed by atoms with Crippen molar-refractivity contribution < 1.29 is 19.1 Å². The van der Waals surface area contributed by atoms with Gasteiger partial charge >= 0.3 is 12.1 Å². The molecule has 22 heavy (non-hydrogen) atoms. The Bertz CT molecular complexity index is 506. The molecule has 0 bridgehead atoms. The lowest BCUT2D eigenvalue weighted by Crippen LogP contribution is -2.52. The lowest BCUT2D eigenvalue weighted by atomic mass is 9.93. The zero-order chi connectivity index (χ0) is 15.9. The summed E-state index contributed by atoms with van der Waals surface area (Å²) in [6, 6.07) is 9.18. The van der Waals surface area contributed by atoms with E-state index in [1.54, 1.807) is 6.92 Å². The first-order valence-corrected chi connectivity index (χ1v) is 7.49. The van der Waals surface area contributed by atoms with Crippen LogP contribution in [-0.4, -0.2) is 42.7 Å². The molecule has 1 aliphatic rings. The molecular formula is C16H22N2O4. The molecule has 1 aromatic rings. The van der Waals surface area contributed by atoms with E-state index in [0.29, 0.717) is 19.6 Å². The van der Waals surface area contributed by atoms with Gasteiger partial charge in [0.15, 0.2) is 0 Å². The summed E-state index contributed by atoms with van der Waals surface area (Å²) in [4.78, 5) is 25.5. The van der Waals surface area contributed by atoms with E-state index >= 15 is 0 Å². The Balaban J connectivity index is 1.88. The van der Waals surface area contributed by atoms with Crippen molar-refractivity contribution in [1.82, 2.24) is 4.90 Å². The van der Waals surface area contributed by atoms with Gasteiger partial charge in [-0.25, -0.2) is 4.79 Å². The summed E-state index contributed by atoms with van der Waals surface area (Å²) in [6.45, 7) is 3.00. The Kier molecular flexibility index (Phi) is 5.77. The number of ether oxygens (including phenoxy) is 2. The van der Waals surface area contributed by atoms with Gasteiger partial charge in [0.25, 0.3) is 0 Å². The quantitative estimate of drug-likeness (QED) is 0.853. The molecule has 0 unspecified atom stereocenters. The van der Waals surface area contributed by atoms with E-state index in [1.165, 1.54) is 4.90 Å². The summed E-state index contributed by atoms with van der Waals surface area (Å²) < 4.78 is 10.3. The number of carbonyl (C=O) groups is 2. The number of piperidine rings is 1. The van der Waals surface area contributed by atoms with Crippen LogP contribution in [-0.2, 0) is 20.9 Å². The number of nitrogens with two attached hydrogens (primary N) is 1. The molecule has 0 spiro atoms. The van der Waals surface area contributed by atoms with Crippen LogP contribution in [0.25, 0.3) is 0 Å². The van der Waals surface area contributed by atoms with Gasteiger partial charge < -0.3 is 20.1 Å². The second-order valence-corrected chi connectivity index (χ2v) is 5.30.